The molecule has 0 spiro atoms. The molecule has 1 saturated carbocycles. The molecule has 6 heteroatoms. The lowest BCUT2D eigenvalue weighted by atomic mass is 10.2. The zero-order chi connectivity index (χ0) is 14.7. The van der Waals surface area contributed by atoms with E-state index in [9.17, 15) is 4.79 Å². The molecule has 1 aromatic heterocycles. The third-order valence-corrected chi connectivity index (χ3v) is 5.07. The summed E-state index contributed by atoms with van der Waals surface area (Å²) < 4.78 is 1.59. The van der Waals surface area contributed by atoms with Crippen LogP contribution in [0, 0.1) is 0 Å². The highest BCUT2D eigenvalue weighted by Gasteiger charge is 2.28. The summed E-state index contributed by atoms with van der Waals surface area (Å²) in [6.07, 6.45) is 4.04. The number of aromatic nitrogens is 2. The molecule has 1 amide bonds. The maximum atomic E-state index is 12.4. The van der Waals surface area contributed by atoms with Gasteiger partial charge in [0.15, 0.2) is 0 Å². The molecule has 1 aromatic rings. The van der Waals surface area contributed by atoms with E-state index in [0.717, 1.165) is 30.7 Å². The van der Waals surface area contributed by atoms with E-state index in [1.54, 1.807) is 11.7 Å². The summed E-state index contributed by atoms with van der Waals surface area (Å²) in [5, 5.41) is 8.09. The minimum Gasteiger partial charge on any atom is -0.395 e. The molecule has 1 aliphatic rings. The zero-order valence-corrected chi connectivity index (χ0v) is 13.3. The average Bonchev–Trinajstić information content (AvgIpc) is 2.94. The highest BCUT2D eigenvalue weighted by molar-refractivity contribution is 7.99. The standard InChI is InChI=1S/C14H24N4OS/c1-4-11-12(15)13(18(3)17-11)14(19)16-9-6-7-10(8-9)20-5-2/h9-10H,4-8,15H2,1-3H3,(H,16,19). The Labute approximate surface area is 124 Å². The number of nitrogens with two attached hydrogens (primary N) is 1. The van der Waals surface area contributed by atoms with E-state index in [1.165, 1.54) is 6.42 Å². The lowest BCUT2D eigenvalue weighted by Gasteiger charge is -2.13. The molecule has 112 valence electrons. The first-order valence-electron chi connectivity index (χ1n) is 7.30. The van der Waals surface area contributed by atoms with Crippen LogP contribution in [0.5, 0.6) is 0 Å². The van der Waals surface area contributed by atoms with Crippen LogP contribution in [0.25, 0.3) is 0 Å². The molecule has 3 N–H and O–H groups in total. The molecule has 20 heavy (non-hydrogen) atoms. The van der Waals surface area contributed by atoms with Crippen LogP contribution in [0.4, 0.5) is 5.69 Å². The smallest absolute Gasteiger partial charge is 0.271 e. The lowest BCUT2D eigenvalue weighted by molar-refractivity contribution is 0.0929. The van der Waals surface area contributed by atoms with Gasteiger partial charge in [0.2, 0.25) is 0 Å². The van der Waals surface area contributed by atoms with Gasteiger partial charge >= 0.3 is 0 Å². The van der Waals surface area contributed by atoms with Gasteiger partial charge in [-0.1, -0.05) is 13.8 Å². The second-order valence-corrected chi connectivity index (χ2v) is 6.82. The molecule has 0 aromatic carbocycles. The van der Waals surface area contributed by atoms with Gasteiger partial charge in [-0.05, 0) is 31.4 Å². The van der Waals surface area contributed by atoms with Gasteiger partial charge in [0.25, 0.3) is 5.91 Å². The van der Waals surface area contributed by atoms with Crippen LogP contribution in [0.2, 0.25) is 0 Å². The van der Waals surface area contributed by atoms with Crippen molar-refractivity contribution in [3.8, 4) is 0 Å². The molecule has 1 aliphatic carbocycles. The van der Waals surface area contributed by atoms with E-state index in [-0.39, 0.29) is 11.9 Å². The topological polar surface area (TPSA) is 72.9 Å². The van der Waals surface area contributed by atoms with E-state index in [0.29, 0.717) is 16.6 Å². The number of carbonyl (C=O) groups excluding carboxylic acids is 1. The van der Waals surface area contributed by atoms with Crippen molar-refractivity contribution in [1.82, 2.24) is 15.1 Å². The molecule has 5 nitrogen and oxygen atoms in total. The molecule has 0 aliphatic heterocycles. The first-order chi connectivity index (χ1) is 9.56. The zero-order valence-electron chi connectivity index (χ0n) is 12.5. The van der Waals surface area contributed by atoms with Gasteiger partial charge < -0.3 is 11.1 Å². The maximum absolute atomic E-state index is 12.4. The van der Waals surface area contributed by atoms with Crippen LogP contribution >= 0.6 is 11.8 Å². The summed E-state index contributed by atoms with van der Waals surface area (Å²) >= 11 is 1.99. The van der Waals surface area contributed by atoms with Crippen molar-refractivity contribution in [1.29, 1.82) is 0 Å². The van der Waals surface area contributed by atoms with Gasteiger partial charge in [-0.15, -0.1) is 0 Å². The number of amides is 1. The van der Waals surface area contributed by atoms with Gasteiger partial charge in [-0.2, -0.15) is 16.9 Å². The molecule has 0 saturated heterocycles. The summed E-state index contributed by atoms with van der Waals surface area (Å²) in [5.74, 6) is 1.05. The quantitative estimate of drug-likeness (QED) is 0.871. The van der Waals surface area contributed by atoms with Gasteiger partial charge in [0, 0.05) is 18.3 Å². The molecule has 2 rings (SSSR count). The maximum Gasteiger partial charge on any atom is 0.271 e. The van der Waals surface area contributed by atoms with Crippen molar-refractivity contribution in [2.75, 3.05) is 11.5 Å². The molecule has 0 bridgehead atoms. The van der Waals surface area contributed by atoms with Crippen molar-refractivity contribution in [3.63, 3.8) is 0 Å². The van der Waals surface area contributed by atoms with Crippen molar-refractivity contribution in [2.24, 2.45) is 7.05 Å². The fourth-order valence-corrected chi connectivity index (χ4v) is 3.98. The summed E-state index contributed by atoms with van der Waals surface area (Å²) in [7, 11) is 1.77. The number of nitrogen functional groups attached to an aromatic ring is 1. The lowest BCUT2D eigenvalue weighted by Crippen LogP contribution is -2.34. The molecule has 1 heterocycles. The first-order valence-corrected chi connectivity index (χ1v) is 8.35. The summed E-state index contributed by atoms with van der Waals surface area (Å²) in [6.45, 7) is 4.17. The highest BCUT2D eigenvalue weighted by Crippen LogP contribution is 2.30. The molecular formula is C14H24N4OS. The fraction of sp³-hybridized carbons (Fsp3) is 0.714. The monoisotopic (exact) mass is 296 g/mol. The third-order valence-electron chi connectivity index (χ3n) is 3.83. The molecule has 2 unspecified atom stereocenters. The summed E-state index contributed by atoms with van der Waals surface area (Å²) in [6, 6.07) is 0.269. The predicted octanol–water partition coefficient (Wildman–Crippen LogP) is 1.97. The Balaban J connectivity index is 2.01. The number of hydrogen-bond acceptors (Lipinski definition) is 4. The van der Waals surface area contributed by atoms with Gasteiger partial charge in [-0.3, -0.25) is 9.48 Å². The van der Waals surface area contributed by atoms with E-state index in [1.807, 2.05) is 18.7 Å². The van der Waals surface area contributed by atoms with Gasteiger partial charge in [0.05, 0.1) is 11.4 Å². The Morgan fingerprint density at radius 1 is 1.50 bits per heavy atom. The van der Waals surface area contributed by atoms with E-state index in [4.69, 9.17) is 5.73 Å². The van der Waals surface area contributed by atoms with Crippen LogP contribution in [0.15, 0.2) is 0 Å². The van der Waals surface area contributed by atoms with Crippen LogP contribution in [-0.4, -0.2) is 32.7 Å². The predicted molar refractivity (Wildman–Crippen MR) is 84.0 cm³/mol. The van der Waals surface area contributed by atoms with E-state index in [2.05, 4.69) is 17.3 Å². The molecular weight excluding hydrogens is 272 g/mol. The second kappa shape index (κ2) is 6.52. The number of hydrogen-bond donors (Lipinski definition) is 2. The third kappa shape index (κ3) is 3.11. The van der Waals surface area contributed by atoms with Crippen molar-refractivity contribution >= 4 is 23.4 Å². The molecule has 0 radical (unpaired) electrons. The first kappa shape index (κ1) is 15.2. The second-order valence-electron chi connectivity index (χ2n) is 5.25. The molecule has 1 fully saturated rings. The largest absolute Gasteiger partial charge is 0.395 e. The van der Waals surface area contributed by atoms with Crippen LogP contribution in [0.3, 0.4) is 0 Å². The van der Waals surface area contributed by atoms with Crippen molar-refractivity contribution in [2.45, 2.75) is 50.8 Å². The summed E-state index contributed by atoms with van der Waals surface area (Å²) in [4.78, 5) is 12.4. The fourth-order valence-electron chi connectivity index (χ4n) is 2.84. The van der Waals surface area contributed by atoms with Crippen LogP contribution < -0.4 is 11.1 Å². The van der Waals surface area contributed by atoms with E-state index < -0.39 is 0 Å². The highest BCUT2D eigenvalue weighted by atomic mass is 32.2. The van der Waals surface area contributed by atoms with Crippen molar-refractivity contribution in [3.05, 3.63) is 11.4 Å². The Bertz CT molecular complexity index is 486. The van der Waals surface area contributed by atoms with Gasteiger partial charge in [-0.25, -0.2) is 0 Å². The van der Waals surface area contributed by atoms with Gasteiger partial charge in [0.1, 0.15) is 5.69 Å². The number of rotatable bonds is 5. The number of nitrogens with one attached hydrogen (secondary N) is 1. The van der Waals surface area contributed by atoms with E-state index >= 15 is 0 Å². The number of anilines is 1. The minimum absolute atomic E-state index is 0.0932. The number of aryl methyl sites for hydroxylation is 2. The van der Waals surface area contributed by atoms with Crippen LogP contribution in [0.1, 0.15) is 49.3 Å². The average molecular weight is 296 g/mol. The number of carbonyl (C=O) groups is 1. The Morgan fingerprint density at radius 3 is 2.85 bits per heavy atom. The Kier molecular flexibility index (Phi) is 4.96. The normalized spacial score (nSPS) is 22.1. The SMILES string of the molecule is CCSC1CCC(NC(=O)c2c(N)c(CC)nn2C)C1. The summed E-state index contributed by atoms with van der Waals surface area (Å²) in [5.41, 5.74) is 7.82. The molecule has 2 atom stereocenters. The minimum atomic E-state index is -0.0932. The Hall–Kier alpha value is -1.17. The number of thioether (sulfide) groups is 1. The van der Waals surface area contributed by atoms with Crippen LogP contribution in [-0.2, 0) is 13.5 Å². The Morgan fingerprint density at radius 2 is 2.25 bits per heavy atom. The van der Waals surface area contributed by atoms with Crippen molar-refractivity contribution < 1.29 is 4.79 Å². The number of nitrogens with zero attached hydrogens (tertiary/aromatic N) is 2.